The van der Waals surface area contributed by atoms with Crippen molar-refractivity contribution in [1.29, 1.82) is 0 Å². The summed E-state index contributed by atoms with van der Waals surface area (Å²) < 4.78 is 43.1. The van der Waals surface area contributed by atoms with Crippen LogP contribution in [0.1, 0.15) is 188 Å². The van der Waals surface area contributed by atoms with Crippen molar-refractivity contribution < 1.29 is 81.4 Å². The molecule has 0 heterocycles. The van der Waals surface area contributed by atoms with Gasteiger partial charge in [0.25, 0.3) is 0 Å². The van der Waals surface area contributed by atoms with Crippen molar-refractivity contribution in [1.82, 2.24) is 21.3 Å². The van der Waals surface area contributed by atoms with Crippen LogP contribution in [0.3, 0.4) is 0 Å². The number of carboxylic acid groups (broad SMARTS) is 1. The van der Waals surface area contributed by atoms with E-state index in [1.807, 2.05) is 6.92 Å². The predicted molar refractivity (Wildman–Crippen MR) is 301 cm³/mol. The summed E-state index contributed by atoms with van der Waals surface area (Å²) in [5.41, 5.74) is 0. The number of hydrogen-bond donors (Lipinski definition) is 5. The fourth-order valence-corrected chi connectivity index (χ4v) is 8.10. The van der Waals surface area contributed by atoms with Crippen molar-refractivity contribution in [3.05, 3.63) is 0 Å². The number of carboxylic acids is 1. The molecule has 0 radical (unpaired) electrons. The van der Waals surface area contributed by atoms with E-state index in [1.165, 1.54) is 70.6 Å². The molecular weight excluding hydrogens is 1020 g/mol. The summed E-state index contributed by atoms with van der Waals surface area (Å²) >= 11 is 0. The molecule has 0 aliphatic rings. The third-order valence-electron chi connectivity index (χ3n) is 12.8. The van der Waals surface area contributed by atoms with Crippen LogP contribution in [0.25, 0.3) is 0 Å². The second-order valence-electron chi connectivity index (χ2n) is 19.9. The molecule has 2 atom stereocenters. The zero-order valence-electron chi connectivity index (χ0n) is 49.0. The van der Waals surface area contributed by atoms with Gasteiger partial charge in [0.1, 0.15) is 44.0 Å². The molecule has 0 aromatic carbocycles. The summed E-state index contributed by atoms with van der Waals surface area (Å²) in [4.78, 5) is 95.8. The summed E-state index contributed by atoms with van der Waals surface area (Å²) in [6.07, 6.45) is 23.7. The highest BCUT2D eigenvalue weighted by Crippen LogP contribution is 2.15. The number of Topliss-reactive ketones (excluding diaryl/α,β-unsaturated/α-hetero) is 3. The topological polar surface area (TPSA) is 279 Å². The molecule has 0 saturated carbocycles. The molecule has 4 amide bonds. The fourth-order valence-electron chi connectivity index (χ4n) is 8.10. The Balaban J connectivity index is 3.57. The van der Waals surface area contributed by atoms with Crippen molar-refractivity contribution >= 4 is 46.9 Å². The number of ketones is 3. The van der Waals surface area contributed by atoms with Crippen LogP contribution in [-0.4, -0.2) is 183 Å². The largest absolute Gasteiger partial charge is 0.480 e. The SMILES string of the molecule is CCCCCCCCCCCCCCCCCC(=O)N[C@@H](CCC(=O)CCCOCCOCC(=O)NCCOCCOCC(=O)CCCOCCOCC(=O)NCCOCCOCC(=O)NCCCC[C@H](CC)C(C)=O)C(=O)O. The van der Waals surface area contributed by atoms with E-state index in [0.717, 1.165) is 51.4 Å². The number of nitrogens with one attached hydrogen (secondary N) is 4. The number of hydrogen-bond acceptors (Lipinski definition) is 16. The Morgan fingerprint density at radius 3 is 1.22 bits per heavy atom. The van der Waals surface area contributed by atoms with Gasteiger partial charge in [-0.25, -0.2) is 4.79 Å². The van der Waals surface area contributed by atoms with Crippen molar-refractivity contribution in [2.75, 3.05) is 125 Å². The van der Waals surface area contributed by atoms with Crippen LogP contribution >= 0.6 is 0 Å². The first kappa shape index (κ1) is 75.0. The lowest BCUT2D eigenvalue weighted by molar-refractivity contribution is -0.142. The van der Waals surface area contributed by atoms with Crippen molar-refractivity contribution in [3.8, 4) is 0 Å². The molecule has 0 aliphatic heterocycles. The van der Waals surface area contributed by atoms with Crippen LogP contribution in [0.4, 0.5) is 0 Å². The van der Waals surface area contributed by atoms with Gasteiger partial charge in [-0.05, 0) is 51.9 Å². The van der Waals surface area contributed by atoms with Gasteiger partial charge in [-0.15, -0.1) is 0 Å². The minimum Gasteiger partial charge on any atom is -0.480 e. The maximum Gasteiger partial charge on any atom is 0.326 e. The number of rotatable bonds is 62. The van der Waals surface area contributed by atoms with Gasteiger partial charge in [0.15, 0.2) is 5.78 Å². The molecule has 0 aromatic heterocycles. The van der Waals surface area contributed by atoms with E-state index in [0.29, 0.717) is 45.6 Å². The number of ether oxygens (including phenoxy) is 8. The Kier molecular flexibility index (Phi) is 54.4. The molecule has 0 bridgehead atoms. The molecule has 460 valence electrons. The average Bonchev–Trinajstić information content (AvgIpc) is 3.42. The van der Waals surface area contributed by atoms with E-state index in [2.05, 4.69) is 28.2 Å². The Morgan fingerprint density at radius 1 is 0.367 bits per heavy atom. The van der Waals surface area contributed by atoms with Gasteiger partial charge in [-0.1, -0.05) is 110 Å². The van der Waals surface area contributed by atoms with E-state index in [-0.39, 0.29) is 172 Å². The molecular formula is C58H106N4O17. The summed E-state index contributed by atoms with van der Waals surface area (Å²) in [6.45, 7) is 9.74. The average molecular weight is 1130 g/mol. The van der Waals surface area contributed by atoms with E-state index >= 15 is 0 Å². The minimum atomic E-state index is -1.14. The summed E-state index contributed by atoms with van der Waals surface area (Å²) in [7, 11) is 0. The Bertz CT molecular complexity index is 1560. The van der Waals surface area contributed by atoms with Crippen LogP contribution in [0, 0.1) is 5.92 Å². The smallest absolute Gasteiger partial charge is 0.326 e. The van der Waals surface area contributed by atoms with Gasteiger partial charge in [0, 0.05) is 64.4 Å². The first-order valence-corrected chi connectivity index (χ1v) is 29.9. The maximum absolute atomic E-state index is 12.4. The van der Waals surface area contributed by atoms with Crippen LogP contribution in [0.5, 0.6) is 0 Å². The standard InChI is InChI=1S/C58H106N4O17/c1-4-6-7-8-9-10-11-12-13-14-15-16-17-18-19-27-54(66)62-53(58(70)71)29-28-51(64)25-22-33-72-37-42-77-47-56(68)60-31-35-74-39-41-76-45-52(65)26-23-34-73-38-43-78-48-57(69)61-32-36-75-40-44-79-46-55(67)59-30-21-20-24-50(5-2)49(3)63/h50,53H,4-48H2,1-3H3,(H,59,67)(H,60,68)(H,61,69)(H,62,66)(H,70,71)/t50-,53-/m0/s1. The molecule has 0 rings (SSSR count). The van der Waals surface area contributed by atoms with Gasteiger partial charge >= 0.3 is 5.97 Å². The minimum absolute atomic E-state index is 0.0443. The number of unbranched alkanes of at least 4 members (excludes halogenated alkanes) is 15. The quantitative estimate of drug-likeness (QED) is 0.0403. The lowest BCUT2D eigenvalue weighted by Gasteiger charge is -2.14. The van der Waals surface area contributed by atoms with Crippen molar-refractivity contribution in [2.24, 2.45) is 5.92 Å². The zero-order chi connectivity index (χ0) is 58.1. The molecule has 0 aromatic rings. The highest BCUT2D eigenvalue weighted by molar-refractivity contribution is 5.85. The Morgan fingerprint density at radius 2 is 0.772 bits per heavy atom. The predicted octanol–water partition coefficient (Wildman–Crippen LogP) is 6.56. The molecule has 0 spiro atoms. The van der Waals surface area contributed by atoms with Crippen LogP contribution in [0.2, 0.25) is 0 Å². The molecule has 0 unspecified atom stereocenters. The monoisotopic (exact) mass is 1130 g/mol. The molecule has 21 nitrogen and oxygen atoms in total. The second-order valence-corrected chi connectivity index (χ2v) is 19.9. The van der Waals surface area contributed by atoms with Gasteiger partial charge in [-0.2, -0.15) is 0 Å². The lowest BCUT2D eigenvalue weighted by Crippen LogP contribution is -2.41. The van der Waals surface area contributed by atoms with Crippen LogP contribution in [-0.2, 0) is 76.3 Å². The number of aliphatic carboxylic acids is 1. The van der Waals surface area contributed by atoms with E-state index < -0.39 is 12.0 Å². The molecule has 0 saturated heterocycles. The normalized spacial score (nSPS) is 12.0. The first-order chi connectivity index (χ1) is 38.4. The number of amides is 4. The Hall–Kier alpha value is -3.96. The van der Waals surface area contributed by atoms with Crippen molar-refractivity contribution in [2.45, 2.75) is 194 Å². The summed E-state index contributed by atoms with van der Waals surface area (Å²) in [5.74, 6) is -2.09. The molecule has 79 heavy (non-hydrogen) atoms. The number of carbonyl (C=O) groups excluding carboxylic acids is 7. The summed E-state index contributed by atoms with van der Waals surface area (Å²) in [5, 5.41) is 20.3. The van der Waals surface area contributed by atoms with Crippen molar-refractivity contribution in [3.63, 3.8) is 0 Å². The third kappa shape index (κ3) is 54.4. The van der Waals surface area contributed by atoms with E-state index in [4.69, 9.17) is 37.9 Å². The highest BCUT2D eigenvalue weighted by atomic mass is 16.5. The molecule has 21 heteroatoms. The van der Waals surface area contributed by atoms with Crippen LogP contribution in [0.15, 0.2) is 0 Å². The Labute approximate surface area is 473 Å². The lowest BCUT2D eigenvalue weighted by atomic mass is 9.95. The van der Waals surface area contributed by atoms with Gasteiger partial charge in [0.05, 0.1) is 66.1 Å². The van der Waals surface area contributed by atoms with Crippen LogP contribution < -0.4 is 21.3 Å². The first-order valence-electron chi connectivity index (χ1n) is 29.9. The summed E-state index contributed by atoms with van der Waals surface area (Å²) in [6, 6.07) is -1.09. The fraction of sp³-hybridized carbons (Fsp3) is 0.862. The molecule has 0 fully saturated rings. The van der Waals surface area contributed by atoms with Gasteiger partial charge in [-0.3, -0.25) is 33.6 Å². The van der Waals surface area contributed by atoms with Gasteiger partial charge < -0.3 is 64.3 Å². The second kappa shape index (κ2) is 57.3. The highest BCUT2D eigenvalue weighted by Gasteiger charge is 2.21. The van der Waals surface area contributed by atoms with Gasteiger partial charge in [0.2, 0.25) is 23.6 Å². The maximum atomic E-state index is 12.4. The molecule has 5 N–H and O–H groups in total. The number of carbonyl (C=O) groups is 8. The molecule has 0 aliphatic carbocycles. The zero-order valence-corrected chi connectivity index (χ0v) is 49.0. The third-order valence-corrected chi connectivity index (χ3v) is 12.8. The van der Waals surface area contributed by atoms with E-state index in [9.17, 15) is 43.5 Å². The van der Waals surface area contributed by atoms with E-state index in [1.54, 1.807) is 6.92 Å².